The van der Waals surface area contributed by atoms with Crippen molar-refractivity contribution >= 4 is 34.9 Å². The van der Waals surface area contributed by atoms with Crippen molar-refractivity contribution in [2.24, 2.45) is 13.0 Å². The number of fused-ring (bicyclic) bond motifs is 1. The van der Waals surface area contributed by atoms with Crippen molar-refractivity contribution in [1.29, 1.82) is 0 Å². The molecule has 126 valence electrons. The van der Waals surface area contributed by atoms with Gasteiger partial charge in [-0.15, -0.1) is 0 Å². The van der Waals surface area contributed by atoms with Gasteiger partial charge in [0.2, 0.25) is 0 Å². The Morgan fingerprint density at radius 3 is 2.39 bits per heavy atom. The summed E-state index contributed by atoms with van der Waals surface area (Å²) in [4.78, 5) is 5.04. The number of nitrogens with zero attached hydrogens (tertiary/aromatic N) is 4. The van der Waals surface area contributed by atoms with E-state index < -0.39 is 0 Å². The summed E-state index contributed by atoms with van der Waals surface area (Å²) in [6.07, 6.45) is 0. The molecule has 1 aliphatic heterocycles. The Kier molecular flexibility index (Phi) is 5.11. The highest BCUT2D eigenvalue weighted by Gasteiger charge is 2.19. The lowest BCUT2D eigenvalue weighted by Crippen LogP contribution is -2.47. The summed E-state index contributed by atoms with van der Waals surface area (Å²) in [5.74, 6) is 0.732. The number of halogens is 1. The number of piperazine rings is 1. The molecule has 1 aliphatic rings. The average molecular weight is 353 g/mol. The minimum absolute atomic E-state index is 0.732. The number of aryl methyl sites for hydroxylation is 1. The van der Waals surface area contributed by atoms with Gasteiger partial charge in [-0.3, -0.25) is 4.90 Å². The molecule has 1 aromatic carbocycles. The molecule has 0 atom stereocenters. The molecule has 0 N–H and O–H groups in total. The fraction of sp³-hybridized carbons (Fsp3) is 0.588. The quantitative estimate of drug-likeness (QED) is 0.782. The number of aromatic nitrogens is 2. The van der Waals surface area contributed by atoms with Crippen LogP contribution in [0.2, 0.25) is 5.02 Å². The van der Waals surface area contributed by atoms with Crippen molar-refractivity contribution < 1.29 is 0 Å². The molecule has 3 rings (SSSR count). The van der Waals surface area contributed by atoms with Crippen LogP contribution in [-0.4, -0.2) is 51.7 Å². The largest absolute Gasteiger partial charge is 0.320 e. The topological polar surface area (TPSA) is 16.3 Å². The first-order chi connectivity index (χ1) is 11.0. The van der Waals surface area contributed by atoms with E-state index >= 15 is 0 Å². The van der Waals surface area contributed by atoms with E-state index in [1.165, 1.54) is 6.54 Å². The minimum atomic E-state index is 0.732. The van der Waals surface area contributed by atoms with Crippen molar-refractivity contribution in [2.45, 2.75) is 20.5 Å². The van der Waals surface area contributed by atoms with Gasteiger partial charge in [0.1, 0.15) is 0 Å². The molecule has 0 unspecified atom stereocenters. The maximum atomic E-state index is 6.19. The number of imidazole rings is 1. The number of rotatable bonds is 4. The summed E-state index contributed by atoms with van der Waals surface area (Å²) < 4.78 is 5.12. The molecule has 23 heavy (non-hydrogen) atoms. The van der Waals surface area contributed by atoms with Gasteiger partial charge in [-0.05, 0) is 36.3 Å². The van der Waals surface area contributed by atoms with Gasteiger partial charge in [-0.25, -0.2) is 0 Å². The second-order valence-corrected chi connectivity index (χ2v) is 7.66. The van der Waals surface area contributed by atoms with Crippen LogP contribution in [0.4, 0.5) is 0 Å². The van der Waals surface area contributed by atoms with Gasteiger partial charge in [-0.1, -0.05) is 25.4 Å². The summed E-state index contributed by atoms with van der Waals surface area (Å²) in [5.41, 5.74) is 2.26. The highest BCUT2D eigenvalue weighted by Crippen LogP contribution is 2.22. The molecule has 0 spiro atoms. The zero-order valence-corrected chi connectivity index (χ0v) is 15.7. The van der Waals surface area contributed by atoms with Crippen molar-refractivity contribution in [3.8, 4) is 0 Å². The Morgan fingerprint density at radius 1 is 1.09 bits per heavy atom. The van der Waals surface area contributed by atoms with Gasteiger partial charge >= 0.3 is 0 Å². The van der Waals surface area contributed by atoms with E-state index in [1.807, 2.05) is 25.2 Å². The summed E-state index contributed by atoms with van der Waals surface area (Å²) >= 11 is 11.8. The molecule has 0 saturated carbocycles. The van der Waals surface area contributed by atoms with Crippen LogP contribution in [0.3, 0.4) is 0 Å². The second kappa shape index (κ2) is 6.93. The highest BCUT2D eigenvalue weighted by molar-refractivity contribution is 7.71. The van der Waals surface area contributed by atoms with Crippen LogP contribution in [0, 0.1) is 10.7 Å². The highest BCUT2D eigenvalue weighted by atomic mass is 35.5. The van der Waals surface area contributed by atoms with Crippen LogP contribution in [0.1, 0.15) is 13.8 Å². The number of benzene rings is 1. The lowest BCUT2D eigenvalue weighted by atomic mass is 10.2. The van der Waals surface area contributed by atoms with E-state index in [0.29, 0.717) is 0 Å². The van der Waals surface area contributed by atoms with Crippen LogP contribution in [0.25, 0.3) is 11.0 Å². The van der Waals surface area contributed by atoms with Gasteiger partial charge in [-0.2, -0.15) is 0 Å². The van der Waals surface area contributed by atoms with Crippen LogP contribution < -0.4 is 0 Å². The third kappa shape index (κ3) is 3.63. The Labute approximate surface area is 148 Å². The second-order valence-electron chi connectivity index (χ2n) is 6.86. The molecular formula is C17H25ClN4S. The molecule has 2 aromatic rings. The van der Waals surface area contributed by atoms with Crippen molar-refractivity contribution in [3.05, 3.63) is 28.0 Å². The third-order valence-corrected chi connectivity index (χ3v) is 5.27. The summed E-state index contributed by atoms with van der Waals surface area (Å²) in [6.45, 7) is 11.0. The molecule has 0 bridgehead atoms. The summed E-state index contributed by atoms with van der Waals surface area (Å²) in [5, 5.41) is 0.758. The Morgan fingerprint density at radius 2 is 1.74 bits per heavy atom. The molecule has 0 amide bonds. The van der Waals surface area contributed by atoms with Gasteiger partial charge in [0.05, 0.1) is 17.7 Å². The predicted octanol–water partition coefficient (Wildman–Crippen LogP) is 3.59. The third-order valence-electron chi connectivity index (χ3n) is 4.54. The number of hydrogen-bond acceptors (Lipinski definition) is 3. The minimum Gasteiger partial charge on any atom is -0.320 e. The fourth-order valence-corrected chi connectivity index (χ4v) is 3.77. The molecule has 0 radical (unpaired) electrons. The first kappa shape index (κ1) is 17.0. The lowest BCUT2D eigenvalue weighted by molar-refractivity contribution is 0.100. The molecule has 4 nitrogen and oxygen atoms in total. The Balaban J connectivity index is 1.77. The SMILES string of the molecule is CC(C)CN1CCN(Cn2c(=S)n(C)c3ccc(Cl)cc32)CC1. The monoisotopic (exact) mass is 352 g/mol. The predicted molar refractivity (Wildman–Crippen MR) is 99.6 cm³/mol. The van der Waals surface area contributed by atoms with E-state index in [0.717, 1.165) is 59.6 Å². The van der Waals surface area contributed by atoms with Crippen LogP contribution >= 0.6 is 23.8 Å². The van der Waals surface area contributed by atoms with Crippen molar-refractivity contribution in [3.63, 3.8) is 0 Å². The molecule has 1 saturated heterocycles. The first-order valence-corrected chi connectivity index (χ1v) is 9.04. The van der Waals surface area contributed by atoms with Crippen LogP contribution in [0.15, 0.2) is 18.2 Å². The fourth-order valence-electron chi connectivity index (χ4n) is 3.35. The molecule has 1 fully saturated rings. The molecular weight excluding hydrogens is 328 g/mol. The smallest absolute Gasteiger partial charge is 0.181 e. The average Bonchev–Trinajstić information content (AvgIpc) is 2.73. The van der Waals surface area contributed by atoms with Crippen LogP contribution in [0.5, 0.6) is 0 Å². The molecule has 6 heteroatoms. The normalized spacial score (nSPS) is 17.4. The molecule has 1 aromatic heterocycles. The zero-order valence-electron chi connectivity index (χ0n) is 14.1. The van der Waals surface area contributed by atoms with E-state index in [9.17, 15) is 0 Å². The first-order valence-electron chi connectivity index (χ1n) is 8.25. The van der Waals surface area contributed by atoms with E-state index in [2.05, 4.69) is 32.8 Å². The maximum Gasteiger partial charge on any atom is 0.181 e. The van der Waals surface area contributed by atoms with E-state index in [4.69, 9.17) is 23.8 Å². The van der Waals surface area contributed by atoms with E-state index in [1.54, 1.807) is 0 Å². The molecule has 2 heterocycles. The summed E-state index contributed by atoms with van der Waals surface area (Å²) in [7, 11) is 2.02. The Bertz CT molecular complexity index is 741. The van der Waals surface area contributed by atoms with Gasteiger partial charge < -0.3 is 14.0 Å². The summed E-state index contributed by atoms with van der Waals surface area (Å²) in [6, 6.07) is 5.99. The maximum absolute atomic E-state index is 6.19. The lowest BCUT2D eigenvalue weighted by Gasteiger charge is -2.35. The number of hydrogen-bond donors (Lipinski definition) is 0. The van der Waals surface area contributed by atoms with Crippen LogP contribution in [-0.2, 0) is 13.7 Å². The van der Waals surface area contributed by atoms with Crippen molar-refractivity contribution in [1.82, 2.24) is 18.9 Å². The van der Waals surface area contributed by atoms with E-state index in [-0.39, 0.29) is 0 Å². The standard InChI is InChI=1S/C17H25ClN4S/c1-13(2)11-20-6-8-21(9-7-20)12-22-16-10-14(18)4-5-15(16)19(3)17(22)23/h4-5,10,13H,6-9,11-12H2,1-3H3. The van der Waals surface area contributed by atoms with Gasteiger partial charge in [0.25, 0.3) is 0 Å². The van der Waals surface area contributed by atoms with Crippen molar-refractivity contribution in [2.75, 3.05) is 32.7 Å². The zero-order chi connectivity index (χ0) is 16.6. The van der Waals surface area contributed by atoms with Gasteiger partial charge in [0.15, 0.2) is 4.77 Å². The van der Waals surface area contributed by atoms with Gasteiger partial charge in [0, 0.05) is 44.8 Å². The Hall–Kier alpha value is -0.880. The molecule has 0 aliphatic carbocycles.